The molecule has 2 aromatic carbocycles. The summed E-state index contributed by atoms with van der Waals surface area (Å²) in [5, 5.41) is 2.44. The zero-order valence-corrected chi connectivity index (χ0v) is 10.4. The fraction of sp³-hybridized carbons (Fsp3) is 0.312. The van der Waals surface area contributed by atoms with Gasteiger partial charge in [0.25, 0.3) is 0 Å². The third-order valence-corrected chi connectivity index (χ3v) is 3.25. The van der Waals surface area contributed by atoms with Crippen LogP contribution in [0.15, 0.2) is 42.5 Å². The summed E-state index contributed by atoms with van der Waals surface area (Å²) >= 11 is 0. The molecular weight excluding hydrogens is 208 g/mol. The number of hydrogen-bond donors (Lipinski definition) is 0. The number of carbonyl (C=O) groups is 1. The molecule has 1 atom stereocenters. The molecular formula is C16H18O. The Bertz CT molecular complexity index is 528. The van der Waals surface area contributed by atoms with Crippen molar-refractivity contribution in [2.75, 3.05) is 0 Å². The van der Waals surface area contributed by atoms with E-state index in [0.29, 0.717) is 12.2 Å². The molecule has 0 aromatic heterocycles. The summed E-state index contributed by atoms with van der Waals surface area (Å²) in [5.74, 6) is 0.349. The summed E-state index contributed by atoms with van der Waals surface area (Å²) in [6, 6.07) is 14.6. The predicted molar refractivity (Wildman–Crippen MR) is 72.3 cm³/mol. The molecule has 0 saturated heterocycles. The summed E-state index contributed by atoms with van der Waals surface area (Å²) in [6.07, 6.45) is 1.60. The van der Waals surface area contributed by atoms with Gasteiger partial charge in [0.1, 0.15) is 5.78 Å². The van der Waals surface area contributed by atoms with E-state index in [1.807, 2.05) is 26.0 Å². The lowest BCUT2D eigenvalue weighted by molar-refractivity contribution is -0.120. The highest BCUT2D eigenvalue weighted by Crippen LogP contribution is 2.23. The molecule has 1 unspecified atom stereocenters. The van der Waals surface area contributed by atoms with Gasteiger partial charge in [0, 0.05) is 12.3 Å². The molecule has 17 heavy (non-hydrogen) atoms. The molecule has 0 amide bonds. The number of fused-ring (bicyclic) bond motifs is 1. The van der Waals surface area contributed by atoms with Gasteiger partial charge in [-0.2, -0.15) is 0 Å². The second kappa shape index (κ2) is 5.13. The van der Waals surface area contributed by atoms with Crippen LogP contribution in [0.5, 0.6) is 0 Å². The Hall–Kier alpha value is -1.63. The van der Waals surface area contributed by atoms with Gasteiger partial charge in [-0.15, -0.1) is 0 Å². The Morgan fingerprint density at radius 3 is 2.53 bits per heavy atom. The lowest BCUT2D eigenvalue weighted by Gasteiger charge is -2.11. The van der Waals surface area contributed by atoms with Crippen LogP contribution in [-0.4, -0.2) is 5.78 Å². The van der Waals surface area contributed by atoms with Crippen LogP contribution in [0.3, 0.4) is 0 Å². The van der Waals surface area contributed by atoms with Crippen molar-refractivity contribution in [3.63, 3.8) is 0 Å². The lowest BCUT2D eigenvalue weighted by atomic mass is 9.92. The van der Waals surface area contributed by atoms with E-state index in [9.17, 15) is 4.79 Å². The maximum atomic E-state index is 11.9. The fourth-order valence-electron chi connectivity index (χ4n) is 2.13. The minimum atomic E-state index is 0.0135. The molecule has 1 nitrogen and oxygen atoms in total. The summed E-state index contributed by atoms with van der Waals surface area (Å²) in [7, 11) is 0. The number of hydrogen-bond acceptors (Lipinski definition) is 1. The normalized spacial score (nSPS) is 12.6. The van der Waals surface area contributed by atoms with Gasteiger partial charge >= 0.3 is 0 Å². The van der Waals surface area contributed by atoms with Crippen molar-refractivity contribution in [1.29, 1.82) is 0 Å². The van der Waals surface area contributed by atoms with E-state index in [1.165, 1.54) is 10.8 Å². The highest BCUT2D eigenvalue weighted by molar-refractivity contribution is 5.88. The van der Waals surface area contributed by atoms with Crippen molar-refractivity contribution in [2.45, 2.75) is 32.6 Å². The van der Waals surface area contributed by atoms with Gasteiger partial charge in [0.15, 0.2) is 0 Å². The zero-order chi connectivity index (χ0) is 12.3. The van der Waals surface area contributed by atoms with Crippen molar-refractivity contribution in [3.8, 4) is 0 Å². The van der Waals surface area contributed by atoms with Crippen LogP contribution in [0.2, 0.25) is 0 Å². The Morgan fingerprint density at radius 2 is 1.82 bits per heavy atom. The van der Waals surface area contributed by atoms with Crippen LogP contribution in [0.25, 0.3) is 10.8 Å². The fourth-order valence-corrected chi connectivity index (χ4v) is 2.13. The molecule has 0 spiro atoms. The minimum absolute atomic E-state index is 0.0135. The molecule has 88 valence electrons. The number of benzene rings is 2. The number of ketones is 1. The Labute approximate surface area is 102 Å². The first kappa shape index (κ1) is 11.8. The molecule has 0 saturated carbocycles. The first-order chi connectivity index (χ1) is 8.22. The van der Waals surface area contributed by atoms with E-state index < -0.39 is 0 Å². The van der Waals surface area contributed by atoms with Crippen molar-refractivity contribution in [3.05, 3.63) is 48.0 Å². The standard InChI is InChI=1S/C16H18O/c1-3-6-16(17)12(2)14-10-9-13-7-4-5-8-15(13)11-14/h4-5,7-12H,3,6H2,1-2H3. The van der Waals surface area contributed by atoms with E-state index in [2.05, 4.69) is 30.3 Å². The second-order valence-electron chi connectivity index (χ2n) is 4.54. The van der Waals surface area contributed by atoms with Crippen LogP contribution in [0.4, 0.5) is 0 Å². The van der Waals surface area contributed by atoms with Gasteiger partial charge in [-0.1, -0.05) is 56.3 Å². The molecule has 0 N–H and O–H groups in total. The van der Waals surface area contributed by atoms with Gasteiger partial charge in [0.2, 0.25) is 0 Å². The average Bonchev–Trinajstić information content (AvgIpc) is 2.37. The molecule has 0 aliphatic carbocycles. The highest BCUT2D eigenvalue weighted by Gasteiger charge is 2.14. The van der Waals surface area contributed by atoms with E-state index >= 15 is 0 Å². The number of Topliss-reactive ketones (excluding diaryl/α,β-unsaturated/α-hetero) is 1. The molecule has 2 aromatic rings. The van der Waals surface area contributed by atoms with Crippen LogP contribution < -0.4 is 0 Å². The largest absolute Gasteiger partial charge is 0.299 e. The van der Waals surface area contributed by atoms with Crippen LogP contribution in [-0.2, 0) is 4.79 Å². The SMILES string of the molecule is CCCC(=O)C(C)c1ccc2ccccc2c1. The smallest absolute Gasteiger partial charge is 0.140 e. The van der Waals surface area contributed by atoms with Gasteiger partial charge in [-0.05, 0) is 22.8 Å². The summed E-state index contributed by atoms with van der Waals surface area (Å²) < 4.78 is 0. The summed E-state index contributed by atoms with van der Waals surface area (Å²) in [5.41, 5.74) is 1.13. The quantitative estimate of drug-likeness (QED) is 0.759. The Balaban J connectivity index is 2.32. The van der Waals surface area contributed by atoms with E-state index in [0.717, 1.165) is 12.0 Å². The van der Waals surface area contributed by atoms with Crippen LogP contribution in [0.1, 0.15) is 38.2 Å². The molecule has 2 rings (SSSR count). The first-order valence-corrected chi connectivity index (χ1v) is 6.23. The maximum absolute atomic E-state index is 11.9. The Kier molecular flexibility index (Phi) is 3.58. The van der Waals surface area contributed by atoms with Crippen molar-refractivity contribution >= 4 is 16.6 Å². The van der Waals surface area contributed by atoms with E-state index in [-0.39, 0.29) is 5.92 Å². The van der Waals surface area contributed by atoms with Crippen LogP contribution >= 0.6 is 0 Å². The number of carbonyl (C=O) groups excluding carboxylic acids is 1. The van der Waals surface area contributed by atoms with E-state index in [4.69, 9.17) is 0 Å². The minimum Gasteiger partial charge on any atom is -0.299 e. The highest BCUT2D eigenvalue weighted by atomic mass is 16.1. The topological polar surface area (TPSA) is 17.1 Å². The summed E-state index contributed by atoms with van der Waals surface area (Å²) in [4.78, 5) is 11.9. The van der Waals surface area contributed by atoms with Gasteiger partial charge in [-0.25, -0.2) is 0 Å². The molecule has 1 heteroatoms. The molecule has 0 fully saturated rings. The monoisotopic (exact) mass is 226 g/mol. The Morgan fingerprint density at radius 1 is 1.12 bits per heavy atom. The van der Waals surface area contributed by atoms with Gasteiger partial charge < -0.3 is 0 Å². The third kappa shape index (κ3) is 2.55. The van der Waals surface area contributed by atoms with Gasteiger partial charge in [-0.3, -0.25) is 4.79 Å². The maximum Gasteiger partial charge on any atom is 0.140 e. The van der Waals surface area contributed by atoms with Crippen molar-refractivity contribution < 1.29 is 4.79 Å². The van der Waals surface area contributed by atoms with Crippen molar-refractivity contribution in [1.82, 2.24) is 0 Å². The van der Waals surface area contributed by atoms with E-state index in [1.54, 1.807) is 0 Å². The zero-order valence-electron chi connectivity index (χ0n) is 10.4. The van der Waals surface area contributed by atoms with Crippen molar-refractivity contribution in [2.24, 2.45) is 0 Å². The van der Waals surface area contributed by atoms with Crippen LogP contribution in [0, 0.1) is 0 Å². The molecule has 0 aliphatic rings. The average molecular weight is 226 g/mol. The predicted octanol–water partition coefficient (Wildman–Crippen LogP) is 4.31. The molecule has 0 aliphatic heterocycles. The molecule has 0 bridgehead atoms. The molecule has 0 radical (unpaired) electrons. The first-order valence-electron chi connectivity index (χ1n) is 6.23. The third-order valence-electron chi connectivity index (χ3n) is 3.25. The lowest BCUT2D eigenvalue weighted by Crippen LogP contribution is -2.08. The number of rotatable bonds is 4. The summed E-state index contributed by atoms with van der Waals surface area (Å²) in [6.45, 7) is 4.05. The second-order valence-corrected chi connectivity index (χ2v) is 4.54. The molecule has 0 heterocycles. The van der Waals surface area contributed by atoms with Gasteiger partial charge in [0.05, 0.1) is 0 Å².